The van der Waals surface area contributed by atoms with Crippen LogP contribution in [0.1, 0.15) is 18.2 Å². The van der Waals surface area contributed by atoms with E-state index in [4.69, 9.17) is 11.6 Å². The molecule has 1 aromatic rings. The maximum absolute atomic E-state index is 13.3. The van der Waals surface area contributed by atoms with Crippen LogP contribution in [0.2, 0.25) is 5.02 Å². The first-order valence-electron chi connectivity index (χ1n) is 3.84. The van der Waals surface area contributed by atoms with E-state index in [1.807, 2.05) is 12.1 Å². The Labute approximate surface area is 80.1 Å². The Morgan fingerprint density at radius 3 is 3.08 bits per heavy atom. The monoisotopic (exact) mass is 202 g/mol. The van der Waals surface area contributed by atoms with Crippen molar-refractivity contribution in [2.75, 3.05) is 5.75 Å². The van der Waals surface area contributed by atoms with Crippen LogP contribution in [0.3, 0.4) is 0 Å². The molecule has 0 radical (unpaired) electrons. The van der Waals surface area contributed by atoms with Crippen LogP contribution in [0, 0.1) is 0 Å². The number of fused-ring (bicyclic) bond motifs is 1. The minimum Gasteiger partial charge on any atom is -0.242 e. The molecule has 0 saturated carbocycles. The summed E-state index contributed by atoms with van der Waals surface area (Å²) in [6.45, 7) is 0. The van der Waals surface area contributed by atoms with Crippen molar-refractivity contribution in [3.05, 3.63) is 28.8 Å². The van der Waals surface area contributed by atoms with Crippen LogP contribution in [0.15, 0.2) is 23.1 Å². The van der Waals surface area contributed by atoms with E-state index in [1.165, 1.54) is 0 Å². The average Bonchev–Trinajstić information content (AvgIpc) is 2.07. The molecule has 0 aliphatic carbocycles. The third kappa shape index (κ3) is 1.34. The van der Waals surface area contributed by atoms with Crippen LogP contribution < -0.4 is 0 Å². The molecule has 64 valence electrons. The second kappa shape index (κ2) is 3.27. The van der Waals surface area contributed by atoms with Crippen molar-refractivity contribution in [1.82, 2.24) is 0 Å². The first-order chi connectivity index (χ1) is 5.79. The smallest absolute Gasteiger partial charge is 0.127 e. The van der Waals surface area contributed by atoms with Crippen molar-refractivity contribution < 1.29 is 4.39 Å². The second-order valence-corrected chi connectivity index (χ2v) is 4.28. The Hall–Kier alpha value is -0.210. The quantitative estimate of drug-likeness (QED) is 0.616. The highest BCUT2D eigenvalue weighted by Crippen LogP contribution is 2.41. The highest BCUT2D eigenvalue weighted by Gasteiger charge is 2.21. The van der Waals surface area contributed by atoms with Crippen LogP contribution in [0.4, 0.5) is 4.39 Å². The summed E-state index contributed by atoms with van der Waals surface area (Å²) in [5, 5.41) is 0.680. The summed E-state index contributed by atoms with van der Waals surface area (Å²) in [5.41, 5.74) is 0.763. The topological polar surface area (TPSA) is 0 Å². The molecule has 1 aromatic carbocycles. The van der Waals surface area contributed by atoms with Crippen LogP contribution in [0.5, 0.6) is 0 Å². The fraction of sp³-hybridized carbons (Fsp3) is 0.333. The van der Waals surface area contributed by atoms with Crippen molar-refractivity contribution >= 4 is 23.4 Å². The lowest BCUT2D eigenvalue weighted by molar-refractivity contribution is 0.329. The number of benzene rings is 1. The second-order valence-electron chi connectivity index (χ2n) is 2.76. The van der Waals surface area contributed by atoms with Crippen LogP contribution in [0.25, 0.3) is 0 Å². The molecule has 1 aliphatic heterocycles. The minimum absolute atomic E-state index is 0.609. The van der Waals surface area contributed by atoms with Gasteiger partial charge in [0.15, 0.2) is 0 Å². The summed E-state index contributed by atoms with van der Waals surface area (Å²) in [4.78, 5) is 0.929. The Balaban J connectivity index is 2.52. The normalized spacial score (nSPS) is 22.0. The summed E-state index contributed by atoms with van der Waals surface area (Å²) in [6, 6.07) is 5.43. The molecule has 12 heavy (non-hydrogen) atoms. The van der Waals surface area contributed by atoms with E-state index in [9.17, 15) is 4.39 Å². The van der Waals surface area contributed by atoms with E-state index in [0.29, 0.717) is 11.4 Å². The molecule has 0 amide bonds. The number of halogens is 2. The molecular formula is C9H8ClFS. The van der Waals surface area contributed by atoms with Gasteiger partial charge in [0, 0.05) is 16.2 Å². The van der Waals surface area contributed by atoms with Gasteiger partial charge in [-0.25, -0.2) is 4.39 Å². The predicted octanol–water partition coefficient (Wildman–Crippen LogP) is 3.85. The Morgan fingerprint density at radius 1 is 1.50 bits per heavy atom. The van der Waals surface area contributed by atoms with Crippen molar-refractivity contribution in [2.24, 2.45) is 0 Å². The van der Waals surface area contributed by atoms with Gasteiger partial charge in [0.05, 0.1) is 5.02 Å². The number of alkyl halides is 1. The molecule has 0 bridgehead atoms. The maximum Gasteiger partial charge on any atom is 0.127 e. The van der Waals surface area contributed by atoms with Gasteiger partial charge in [0.2, 0.25) is 0 Å². The molecule has 0 aromatic heterocycles. The zero-order chi connectivity index (χ0) is 8.55. The van der Waals surface area contributed by atoms with Crippen molar-refractivity contribution in [1.29, 1.82) is 0 Å². The van der Waals surface area contributed by atoms with Gasteiger partial charge in [-0.05, 0) is 12.5 Å². The Morgan fingerprint density at radius 2 is 2.33 bits per heavy atom. The molecule has 0 N–H and O–H groups in total. The first-order valence-corrected chi connectivity index (χ1v) is 5.20. The third-order valence-corrected chi connectivity index (χ3v) is 3.56. The predicted molar refractivity (Wildman–Crippen MR) is 50.6 cm³/mol. The van der Waals surface area contributed by atoms with E-state index in [0.717, 1.165) is 16.2 Å². The lowest BCUT2D eigenvalue weighted by Crippen LogP contribution is -2.02. The van der Waals surface area contributed by atoms with Gasteiger partial charge >= 0.3 is 0 Å². The van der Waals surface area contributed by atoms with Crippen molar-refractivity contribution in [2.45, 2.75) is 17.5 Å². The molecule has 0 saturated heterocycles. The molecule has 1 atom stereocenters. The summed E-state index contributed by atoms with van der Waals surface area (Å²) < 4.78 is 13.3. The Kier molecular flexibility index (Phi) is 2.28. The SMILES string of the molecule is FC1CCSc2c(Cl)cccc21. The minimum atomic E-state index is -0.819. The summed E-state index contributed by atoms with van der Waals surface area (Å²) >= 11 is 7.57. The number of rotatable bonds is 0. The van der Waals surface area contributed by atoms with Gasteiger partial charge in [-0.3, -0.25) is 0 Å². The van der Waals surface area contributed by atoms with Gasteiger partial charge in [0.25, 0.3) is 0 Å². The van der Waals surface area contributed by atoms with E-state index in [1.54, 1.807) is 17.8 Å². The molecule has 0 fully saturated rings. The van der Waals surface area contributed by atoms with Crippen molar-refractivity contribution in [3.8, 4) is 0 Å². The Bertz CT molecular complexity index is 301. The molecule has 1 heterocycles. The molecule has 0 spiro atoms. The highest BCUT2D eigenvalue weighted by atomic mass is 35.5. The summed E-state index contributed by atoms with van der Waals surface area (Å²) in [5.74, 6) is 0.831. The molecule has 2 rings (SSSR count). The van der Waals surface area contributed by atoms with Crippen LogP contribution in [-0.2, 0) is 0 Å². The lowest BCUT2D eigenvalue weighted by Gasteiger charge is -2.19. The van der Waals surface area contributed by atoms with Crippen LogP contribution in [-0.4, -0.2) is 5.75 Å². The number of hydrogen-bond acceptors (Lipinski definition) is 1. The van der Waals surface area contributed by atoms with Gasteiger partial charge in [-0.1, -0.05) is 23.7 Å². The summed E-state index contributed by atoms with van der Waals surface area (Å²) in [6.07, 6.45) is -0.210. The number of thioether (sulfide) groups is 1. The molecule has 1 aliphatic rings. The fourth-order valence-corrected chi connectivity index (χ4v) is 2.79. The van der Waals surface area contributed by atoms with Gasteiger partial charge in [0.1, 0.15) is 6.17 Å². The standard InChI is InChI=1S/C9H8ClFS/c10-7-3-1-2-6-8(11)4-5-12-9(6)7/h1-3,8H,4-5H2. The van der Waals surface area contributed by atoms with Gasteiger partial charge < -0.3 is 0 Å². The van der Waals surface area contributed by atoms with E-state index in [-0.39, 0.29) is 0 Å². The van der Waals surface area contributed by atoms with Crippen molar-refractivity contribution in [3.63, 3.8) is 0 Å². The lowest BCUT2D eigenvalue weighted by atomic mass is 10.1. The summed E-state index contributed by atoms with van der Waals surface area (Å²) in [7, 11) is 0. The third-order valence-electron chi connectivity index (χ3n) is 1.95. The largest absolute Gasteiger partial charge is 0.242 e. The van der Waals surface area contributed by atoms with E-state index >= 15 is 0 Å². The van der Waals surface area contributed by atoms with Gasteiger partial charge in [-0.2, -0.15) is 0 Å². The maximum atomic E-state index is 13.3. The zero-order valence-electron chi connectivity index (χ0n) is 6.39. The fourth-order valence-electron chi connectivity index (χ4n) is 1.34. The van der Waals surface area contributed by atoms with Crippen LogP contribution >= 0.6 is 23.4 Å². The molecule has 0 nitrogen and oxygen atoms in total. The van der Waals surface area contributed by atoms with E-state index < -0.39 is 6.17 Å². The molecular weight excluding hydrogens is 195 g/mol. The first kappa shape index (κ1) is 8.39. The molecule has 1 unspecified atom stereocenters. The molecule has 3 heteroatoms. The highest BCUT2D eigenvalue weighted by molar-refractivity contribution is 7.99. The number of hydrogen-bond donors (Lipinski definition) is 0. The average molecular weight is 203 g/mol. The van der Waals surface area contributed by atoms with E-state index in [2.05, 4.69) is 0 Å². The van der Waals surface area contributed by atoms with Gasteiger partial charge in [-0.15, -0.1) is 11.8 Å². The zero-order valence-corrected chi connectivity index (χ0v) is 7.96.